The summed E-state index contributed by atoms with van der Waals surface area (Å²) in [7, 11) is -1.99. The highest BCUT2D eigenvalue weighted by atomic mass is 32.2. The Labute approximate surface area is 105 Å². The van der Waals surface area contributed by atoms with Gasteiger partial charge in [-0.25, -0.2) is 8.42 Å². The molecule has 0 atom stereocenters. The number of nitrogens with zero attached hydrogens (tertiary/aromatic N) is 2. The van der Waals surface area contributed by atoms with Crippen molar-refractivity contribution in [2.45, 2.75) is 11.8 Å². The standard InChI is InChI=1S/C11H14N4O2S/c1-8-3-4-10(12)11(5-8)14-18(16,17)9-6-13-15(2)7-9/h3-7,14H,12H2,1-2H3. The number of sulfonamides is 1. The molecule has 0 saturated heterocycles. The van der Waals surface area contributed by atoms with Gasteiger partial charge in [-0.1, -0.05) is 6.07 Å². The van der Waals surface area contributed by atoms with Crippen LogP contribution >= 0.6 is 0 Å². The fourth-order valence-corrected chi connectivity index (χ4v) is 2.56. The van der Waals surface area contributed by atoms with Crippen LogP contribution < -0.4 is 10.5 Å². The van der Waals surface area contributed by atoms with Crippen molar-refractivity contribution in [1.29, 1.82) is 0 Å². The van der Waals surface area contributed by atoms with Crippen molar-refractivity contribution in [2.75, 3.05) is 10.5 Å². The number of nitrogens with two attached hydrogens (primary N) is 1. The van der Waals surface area contributed by atoms with Crippen LogP contribution in [0.2, 0.25) is 0 Å². The normalized spacial score (nSPS) is 11.4. The van der Waals surface area contributed by atoms with Gasteiger partial charge < -0.3 is 5.73 Å². The van der Waals surface area contributed by atoms with E-state index in [0.29, 0.717) is 11.4 Å². The summed E-state index contributed by atoms with van der Waals surface area (Å²) in [5.74, 6) is 0. The minimum atomic E-state index is -3.65. The summed E-state index contributed by atoms with van der Waals surface area (Å²) in [4.78, 5) is 0.103. The number of benzene rings is 1. The zero-order valence-electron chi connectivity index (χ0n) is 10.1. The van der Waals surface area contributed by atoms with Crippen LogP contribution in [0.15, 0.2) is 35.5 Å². The van der Waals surface area contributed by atoms with Crippen molar-refractivity contribution in [1.82, 2.24) is 9.78 Å². The molecule has 0 aliphatic heterocycles. The van der Waals surface area contributed by atoms with Crippen LogP contribution in [0, 0.1) is 6.92 Å². The first-order valence-corrected chi connectivity index (χ1v) is 6.74. The number of hydrogen-bond acceptors (Lipinski definition) is 4. The van der Waals surface area contributed by atoms with E-state index in [1.54, 1.807) is 19.2 Å². The number of anilines is 2. The molecular weight excluding hydrogens is 252 g/mol. The van der Waals surface area contributed by atoms with Gasteiger partial charge in [0.1, 0.15) is 4.90 Å². The van der Waals surface area contributed by atoms with E-state index in [1.165, 1.54) is 17.1 Å². The predicted octanol–water partition coefficient (Wildman–Crippen LogP) is 1.11. The van der Waals surface area contributed by atoms with Crippen LogP contribution in [0.3, 0.4) is 0 Å². The Hall–Kier alpha value is -2.02. The van der Waals surface area contributed by atoms with Crippen molar-refractivity contribution in [3.63, 3.8) is 0 Å². The summed E-state index contributed by atoms with van der Waals surface area (Å²) >= 11 is 0. The lowest BCUT2D eigenvalue weighted by Gasteiger charge is -2.09. The summed E-state index contributed by atoms with van der Waals surface area (Å²) < 4.78 is 28.0. The molecule has 1 heterocycles. The lowest BCUT2D eigenvalue weighted by molar-refractivity contribution is 0.601. The number of rotatable bonds is 3. The van der Waals surface area contributed by atoms with E-state index in [1.807, 2.05) is 13.0 Å². The van der Waals surface area contributed by atoms with Gasteiger partial charge >= 0.3 is 0 Å². The molecule has 0 fully saturated rings. The van der Waals surface area contributed by atoms with Crippen LogP contribution in [0.4, 0.5) is 11.4 Å². The number of nitrogens with one attached hydrogen (secondary N) is 1. The summed E-state index contributed by atoms with van der Waals surface area (Å²) in [6, 6.07) is 5.16. The molecule has 0 aliphatic rings. The molecule has 7 heteroatoms. The molecule has 0 radical (unpaired) electrons. The molecule has 1 aromatic carbocycles. The highest BCUT2D eigenvalue weighted by Gasteiger charge is 2.17. The fourth-order valence-electron chi connectivity index (χ4n) is 1.50. The van der Waals surface area contributed by atoms with Crippen LogP contribution in [-0.2, 0) is 17.1 Å². The van der Waals surface area contributed by atoms with E-state index in [2.05, 4.69) is 9.82 Å². The Morgan fingerprint density at radius 3 is 2.72 bits per heavy atom. The van der Waals surface area contributed by atoms with Gasteiger partial charge in [0, 0.05) is 13.2 Å². The second-order valence-electron chi connectivity index (χ2n) is 4.05. The lowest BCUT2D eigenvalue weighted by Crippen LogP contribution is -2.13. The van der Waals surface area contributed by atoms with E-state index in [0.717, 1.165) is 5.56 Å². The van der Waals surface area contributed by atoms with Gasteiger partial charge in [0.05, 0.1) is 17.6 Å². The van der Waals surface area contributed by atoms with Gasteiger partial charge in [-0.2, -0.15) is 5.10 Å². The molecule has 0 saturated carbocycles. The van der Waals surface area contributed by atoms with Gasteiger partial charge in [0.25, 0.3) is 10.0 Å². The minimum Gasteiger partial charge on any atom is -0.397 e. The maximum absolute atomic E-state index is 12.1. The van der Waals surface area contributed by atoms with E-state index >= 15 is 0 Å². The molecule has 96 valence electrons. The SMILES string of the molecule is Cc1ccc(N)c(NS(=O)(=O)c2cnn(C)c2)c1. The highest BCUT2D eigenvalue weighted by molar-refractivity contribution is 7.92. The molecule has 0 amide bonds. The highest BCUT2D eigenvalue weighted by Crippen LogP contribution is 2.23. The van der Waals surface area contributed by atoms with E-state index in [-0.39, 0.29) is 4.90 Å². The Balaban J connectivity index is 2.36. The van der Waals surface area contributed by atoms with Crippen molar-refractivity contribution in [2.24, 2.45) is 7.05 Å². The van der Waals surface area contributed by atoms with Gasteiger partial charge in [0.15, 0.2) is 0 Å². The predicted molar refractivity (Wildman–Crippen MR) is 69.6 cm³/mol. The van der Waals surface area contributed by atoms with Crippen LogP contribution in [0.25, 0.3) is 0 Å². The molecule has 6 nitrogen and oxygen atoms in total. The average molecular weight is 266 g/mol. The van der Waals surface area contributed by atoms with Crippen LogP contribution in [0.1, 0.15) is 5.56 Å². The van der Waals surface area contributed by atoms with E-state index in [4.69, 9.17) is 5.73 Å². The van der Waals surface area contributed by atoms with E-state index < -0.39 is 10.0 Å². The summed E-state index contributed by atoms with van der Waals surface area (Å²) in [5, 5.41) is 3.83. The van der Waals surface area contributed by atoms with Gasteiger partial charge in [-0.15, -0.1) is 0 Å². The van der Waals surface area contributed by atoms with Gasteiger partial charge in [0.2, 0.25) is 0 Å². The Morgan fingerprint density at radius 1 is 1.39 bits per heavy atom. The van der Waals surface area contributed by atoms with Gasteiger partial charge in [-0.3, -0.25) is 9.40 Å². The number of aryl methyl sites for hydroxylation is 2. The van der Waals surface area contributed by atoms with Gasteiger partial charge in [-0.05, 0) is 24.6 Å². The Bertz CT molecular complexity index is 676. The Kier molecular flexibility index (Phi) is 3.00. The molecule has 3 N–H and O–H groups in total. The van der Waals surface area contributed by atoms with Crippen molar-refractivity contribution in [3.8, 4) is 0 Å². The number of aromatic nitrogens is 2. The molecule has 1 aromatic heterocycles. The smallest absolute Gasteiger partial charge is 0.265 e. The maximum atomic E-state index is 12.1. The average Bonchev–Trinajstić information content (AvgIpc) is 2.71. The first kappa shape index (κ1) is 12.4. The zero-order chi connectivity index (χ0) is 13.3. The first-order valence-electron chi connectivity index (χ1n) is 5.26. The molecular formula is C11H14N4O2S. The summed E-state index contributed by atoms with van der Waals surface area (Å²) in [5.41, 5.74) is 7.41. The third-order valence-electron chi connectivity index (χ3n) is 2.44. The molecule has 0 unspecified atom stereocenters. The second kappa shape index (κ2) is 4.34. The topological polar surface area (TPSA) is 90.0 Å². The lowest BCUT2D eigenvalue weighted by atomic mass is 10.2. The third-order valence-corrected chi connectivity index (χ3v) is 3.76. The zero-order valence-corrected chi connectivity index (χ0v) is 10.9. The molecule has 2 aromatic rings. The molecule has 0 aliphatic carbocycles. The third kappa shape index (κ3) is 2.45. The number of hydrogen-bond donors (Lipinski definition) is 2. The summed E-state index contributed by atoms with van der Waals surface area (Å²) in [6.45, 7) is 1.86. The molecule has 0 spiro atoms. The first-order chi connectivity index (χ1) is 8.38. The van der Waals surface area contributed by atoms with Crippen molar-refractivity contribution in [3.05, 3.63) is 36.2 Å². The van der Waals surface area contributed by atoms with Crippen molar-refractivity contribution >= 4 is 21.4 Å². The molecule has 2 rings (SSSR count). The quantitative estimate of drug-likeness (QED) is 0.814. The van der Waals surface area contributed by atoms with Crippen LogP contribution in [0.5, 0.6) is 0 Å². The second-order valence-corrected chi connectivity index (χ2v) is 5.73. The van der Waals surface area contributed by atoms with Crippen LogP contribution in [-0.4, -0.2) is 18.2 Å². The maximum Gasteiger partial charge on any atom is 0.265 e. The largest absolute Gasteiger partial charge is 0.397 e. The number of nitrogen functional groups attached to an aromatic ring is 1. The monoisotopic (exact) mass is 266 g/mol. The summed E-state index contributed by atoms with van der Waals surface area (Å²) in [6.07, 6.45) is 2.71. The van der Waals surface area contributed by atoms with Crippen molar-refractivity contribution < 1.29 is 8.42 Å². The fraction of sp³-hybridized carbons (Fsp3) is 0.182. The van der Waals surface area contributed by atoms with E-state index in [9.17, 15) is 8.42 Å². The minimum absolute atomic E-state index is 0.103. The Morgan fingerprint density at radius 2 is 2.11 bits per heavy atom. The molecule has 18 heavy (non-hydrogen) atoms. The molecule has 0 bridgehead atoms.